The zero-order valence-electron chi connectivity index (χ0n) is 6.22. The number of nitrogens with zero attached hydrogens (tertiary/aromatic N) is 1. The second kappa shape index (κ2) is 6.13. The van der Waals surface area contributed by atoms with Gasteiger partial charge in [-0.1, -0.05) is 6.92 Å². The molecule has 0 saturated carbocycles. The molecular formula is C8H12N2. The number of hydrogen-bond acceptors (Lipinski definition) is 2. The zero-order chi connectivity index (χ0) is 7.82. The molecule has 0 aliphatic carbocycles. The van der Waals surface area contributed by atoms with Gasteiger partial charge in [-0.25, -0.2) is 0 Å². The third-order valence-electron chi connectivity index (χ3n) is 1.33. The van der Waals surface area contributed by atoms with E-state index in [0.717, 1.165) is 6.42 Å². The first-order valence-electron chi connectivity index (χ1n) is 3.39. The highest BCUT2D eigenvalue weighted by Crippen LogP contribution is 1.94. The maximum absolute atomic E-state index is 8.21. The maximum atomic E-state index is 8.21. The van der Waals surface area contributed by atoms with Gasteiger partial charge in [0.15, 0.2) is 0 Å². The van der Waals surface area contributed by atoms with E-state index < -0.39 is 0 Å². The average Bonchev–Trinajstić information content (AvgIpc) is 1.98. The Hall–Kier alpha value is -0.990. The highest BCUT2D eigenvalue weighted by atomic mass is 14.9. The van der Waals surface area contributed by atoms with Gasteiger partial charge in [0, 0.05) is 12.5 Å². The van der Waals surface area contributed by atoms with Crippen molar-refractivity contribution in [1.82, 2.24) is 5.32 Å². The fourth-order valence-corrected chi connectivity index (χ4v) is 0.693. The van der Waals surface area contributed by atoms with E-state index in [1.165, 1.54) is 0 Å². The Balaban J connectivity index is 3.44. The molecule has 0 aromatic heterocycles. The van der Waals surface area contributed by atoms with E-state index in [0.29, 0.717) is 19.0 Å². The van der Waals surface area contributed by atoms with Crippen LogP contribution in [0.2, 0.25) is 0 Å². The molecule has 1 unspecified atom stereocenters. The van der Waals surface area contributed by atoms with Gasteiger partial charge in [0.05, 0.1) is 12.6 Å². The highest BCUT2D eigenvalue weighted by Gasteiger charge is 2.00. The standard InChI is InChI=1S/C8H12N2/c1-3-5-8(4-2)10-7-6-9/h1,8,10H,4-5,7H2,2H3. The van der Waals surface area contributed by atoms with Crippen molar-refractivity contribution in [2.45, 2.75) is 25.8 Å². The number of rotatable bonds is 4. The van der Waals surface area contributed by atoms with Crippen LogP contribution in [-0.2, 0) is 0 Å². The van der Waals surface area contributed by atoms with Crippen molar-refractivity contribution < 1.29 is 0 Å². The van der Waals surface area contributed by atoms with Gasteiger partial charge in [-0.05, 0) is 6.42 Å². The van der Waals surface area contributed by atoms with Crippen LogP contribution in [0.5, 0.6) is 0 Å². The first kappa shape index (κ1) is 9.01. The van der Waals surface area contributed by atoms with E-state index in [1.807, 2.05) is 13.0 Å². The van der Waals surface area contributed by atoms with E-state index in [-0.39, 0.29) is 0 Å². The van der Waals surface area contributed by atoms with Crippen molar-refractivity contribution in [3.8, 4) is 18.4 Å². The Labute approximate surface area is 62.2 Å². The molecule has 0 rings (SSSR count). The SMILES string of the molecule is C#CCC(CC)NCC#N. The molecule has 0 fully saturated rings. The normalized spacial score (nSPS) is 11.5. The molecule has 2 heteroatoms. The Morgan fingerprint density at radius 2 is 2.40 bits per heavy atom. The molecule has 10 heavy (non-hydrogen) atoms. The highest BCUT2D eigenvalue weighted by molar-refractivity contribution is 4.90. The fraction of sp³-hybridized carbons (Fsp3) is 0.625. The molecule has 0 heterocycles. The van der Waals surface area contributed by atoms with Crippen molar-refractivity contribution in [3.05, 3.63) is 0 Å². The Morgan fingerprint density at radius 3 is 2.80 bits per heavy atom. The van der Waals surface area contributed by atoms with E-state index in [1.54, 1.807) is 0 Å². The van der Waals surface area contributed by atoms with Crippen LogP contribution in [0.3, 0.4) is 0 Å². The summed E-state index contributed by atoms with van der Waals surface area (Å²) in [6.45, 7) is 2.44. The number of hydrogen-bond donors (Lipinski definition) is 1. The van der Waals surface area contributed by atoms with E-state index >= 15 is 0 Å². The molecule has 1 N–H and O–H groups in total. The Bertz CT molecular complexity index is 150. The van der Waals surface area contributed by atoms with Crippen molar-refractivity contribution in [1.29, 1.82) is 5.26 Å². The molecule has 2 nitrogen and oxygen atoms in total. The van der Waals surface area contributed by atoms with Crippen molar-refractivity contribution in [3.63, 3.8) is 0 Å². The summed E-state index contributed by atoms with van der Waals surface area (Å²) >= 11 is 0. The van der Waals surface area contributed by atoms with Crippen LogP contribution in [-0.4, -0.2) is 12.6 Å². The third-order valence-corrected chi connectivity index (χ3v) is 1.33. The molecular weight excluding hydrogens is 124 g/mol. The minimum atomic E-state index is 0.310. The first-order chi connectivity index (χ1) is 4.85. The minimum absolute atomic E-state index is 0.310. The van der Waals surface area contributed by atoms with E-state index in [9.17, 15) is 0 Å². The summed E-state index contributed by atoms with van der Waals surface area (Å²) in [5, 5.41) is 11.2. The molecule has 0 radical (unpaired) electrons. The molecule has 0 aliphatic rings. The van der Waals surface area contributed by atoms with Gasteiger partial charge in [-0.15, -0.1) is 12.3 Å². The van der Waals surface area contributed by atoms with Crippen molar-refractivity contribution in [2.75, 3.05) is 6.54 Å². The van der Waals surface area contributed by atoms with Crippen LogP contribution >= 0.6 is 0 Å². The topological polar surface area (TPSA) is 35.8 Å². The summed E-state index contributed by atoms with van der Waals surface area (Å²) in [4.78, 5) is 0. The van der Waals surface area contributed by atoms with Gasteiger partial charge in [-0.2, -0.15) is 5.26 Å². The lowest BCUT2D eigenvalue weighted by Crippen LogP contribution is -2.28. The van der Waals surface area contributed by atoms with Gasteiger partial charge in [0.25, 0.3) is 0 Å². The van der Waals surface area contributed by atoms with Crippen LogP contribution < -0.4 is 5.32 Å². The van der Waals surface area contributed by atoms with Crippen LogP contribution in [0.25, 0.3) is 0 Å². The summed E-state index contributed by atoms with van der Waals surface area (Å²) in [5.41, 5.74) is 0. The van der Waals surface area contributed by atoms with Crippen LogP contribution in [0.4, 0.5) is 0 Å². The van der Waals surface area contributed by atoms with E-state index in [2.05, 4.69) is 11.2 Å². The van der Waals surface area contributed by atoms with Crippen molar-refractivity contribution >= 4 is 0 Å². The maximum Gasteiger partial charge on any atom is 0.0843 e. The summed E-state index contributed by atoms with van der Waals surface area (Å²) in [5.74, 6) is 2.56. The molecule has 0 saturated heterocycles. The second-order valence-corrected chi connectivity index (χ2v) is 2.05. The fourth-order valence-electron chi connectivity index (χ4n) is 0.693. The zero-order valence-corrected chi connectivity index (χ0v) is 6.22. The van der Waals surface area contributed by atoms with Crippen molar-refractivity contribution in [2.24, 2.45) is 0 Å². The first-order valence-corrected chi connectivity index (χ1v) is 3.39. The van der Waals surface area contributed by atoms with Gasteiger partial charge in [0.2, 0.25) is 0 Å². The van der Waals surface area contributed by atoms with Gasteiger partial charge >= 0.3 is 0 Å². The largest absolute Gasteiger partial charge is 0.301 e. The molecule has 0 spiro atoms. The lowest BCUT2D eigenvalue weighted by Gasteiger charge is -2.09. The molecule has 0 aromatic rings. The molecule has 0 aliphatic heterocycles. The molecule has 0 amide bonds. The lowest BCUT2D eigenvalue weighted by atomic mass is 10.1. The van der Waals surface area contributed by atoms with Gasteiger partial charge < -0.3 is 5.32 Å². The smallest absolute Gasteiger partial charge is 0.0843 e. The predicted molar refractivity (Wildman–Crippen MR) is 41.1 cm³/mol. The second-order valence-electron chi connectivity index (χ2n) is 2.05. The third kappa shape index (κ3) is 3.95. The molecule has 0 bridgehead atoms. The van der Waals surface area contributed by atoms with Crippen LogP contribution in [0, 0.1) is 23.7 Å². The summed E-state index contributed by atoms with van der Waals surface area (Å²) in [7, 11) is 0. The van der Waals surface area contributed by atoms with Gasteiger partial charge in [0.1, 0.15) is 0 Å². The van der Waals surface area contributed by atoms with Crippen LogP contribution in [0.15, 0.2) is 0 Å². The summed E-state index contributed by atoms with van der Waals surface area (Å²) < 4.78 is 0. The minimum Gasteiger partial charge on any atom is -0.301 e. The average molecular weight is 136 g/mol. The molecule has 54 valence electrons. The summed E-state index contributed by atoms with van der Waals surface area (Å²) in [6, 6.07) is 2.32. The lowest BCUT2D eigenvalue weighted by molar-refractivity contribution is 0.539. The number of terminal acetylenes is 1. The monoisotopic (exact) mass is 136 g/mol. The quantitative estimate of drug-likeness (QED) is 0.460. The molecule has 1 atom stereocenters. The van der Waals surface area contributed by atoms with Gasteiger partial charge in [-0.3, -0.25) is 0 Å². The number of nitrogens with one attached hydrogen (secondary N) is 1. The Kier molecular flexibility index (Phi) is 5.53. The van der Waals surface area contributed by atoms with Crippen LogP contribution in [0.1, 0.15) is 19.8 Å². The van der Waals surface area contributed by atoms with E-state index in [4.69, 9.17) is 11.7 Å². The predicted octanol–water partition coefficient (Wildman–Crippen LogP) is 0.901. The Morgan fingerprint density at radius 1 is 1.70 bits per heavy atom. The number of nitriles is 1. The summed E-state index contributed by atoms with van der Waals surface area (Å²) in [6.07, 6.45) is 6.79. The molecule has 0 aromatic carbocycles.